The molecule has 2 nitrogen and oxygen atoms in total. The Bertz CT molecular complexity index is 407. The average molecular weight is 185 g/mol. The highest BCUT2D eigenvalue weighted by Gasteiger charge is 1.97. The third kappa shape index (κ3) is 2.56. The maximum Gasteiger partial charge on any atom is 0.187 e. The number of rotatable bonds is 2. The zero-order chi connectivity index (χ0) is 10.6. The molecule has 0 N–H and O–H groups in total. The second-order valence-electron chi connectivity index (χ2n) is 3.10. The van der Waals surface area contributed by atoms with Gasteiger partial charge in [-0.25, -0.2) is 4.85 Å². The molecule has 0 saturated carbocycles. The molecule has 0 fully saturated rings. The van der Waals surface area contributed by atoms with Crippen molar-refractivity contribution < 1.29 is 4.79 Å². The fourth-order valence-electron chi connectivity index (χ4n) is 1.19. The van der Waals surface area contributed by atoms with Gasteiger partial charge >= 0.3 is 0 Å². The lowest BCUT2D eigenvalue weighted by atomic mass is 10.1. The lowest BCUT2D eigenvalue weighted by Crippen LogP contribution is -1.85. The first kappa shape index (κ1) is 10.2. The summed E-state index contributed by atoms with van der Waals surface area (Å²) in [7, 11) is 0. The second kappa shape index (κ2) is 4.38. The Balaban J connectivity index is 2.99. The summed E-state index contributed by atoms with van der Waals surface area (Å²) in [5, 5.41) is 0. The Labute approximate surface area is 83.7 Å². The average Bonchev–Trinajstić information content (AvgIpc) is 2.17. The van der Waals surface area contributed by atoms with Crippen LogP contribution in [0.2, 0.25) is 0 Å². The van der Waals surface area contributed by atoms with Crippen molar-refractivity contribution in [3.8, 4) is 0 Å². The maximum absolute atomic E-state index is 10.8. The molecule has 0 aliphatic carbocycles. The molecule has 14 heavy (non-hydrogen) atoms. The van der Waals surface area contributed by atoms with E-state index < -0.39 is 0 Å². The van der Waals surface area contributed by atoms with E-state index in [9.17, 15) is 4.79 Å². The van der Waals surface area contributed by atoms with Crippen molar-refractivity contribution in [3.05, 3.63) is 47.3 Å². The van der Waals surface area contributed by atoms with E-state index in [-0.39, 0.29) is 5.78 Å². The fourth-order valence-corrected chi connectivity index (χ4v) is 1.19. The topological polar surface area (TPSA) is 21.4 Å². The van der Waals surface area contributed by atoms with Crippen LogP contribution in [0.15, 0.2) is 30.3 Å². The standard InChI is InChI=1S/C12H11NO/c1-9(8-10(2)14)11-4-6-12(13-3)7-5-11/h4-8H,1-2H3/b9-8+. The van der Waals surface area contributed by atoms with Crippen molar-refractivity contribution in [1.82, 2.24) is 0 Å². The molecule has 0 aromatic heterocycles. The van der Waals surface area contributed by atoms with Crippen molar-refractivity contribution >= 4 is 17.0 Å². The Hall–Kier alpha value is -1.88. The number of benzene rings is 1. The summed E-state index contributed by atoms with van der Waals surface area (Å²) in [6.45, 7) is 10.2. The molecule has 0 spiro atoms. The van der Waals surface area contributed by atoms with Crippen LogP contribution in [0.25, 0.3) is 10.4 Å². The minimum Gasteiger partial charge on any atom is -0.295 e. The van der Waals surface area contributed by atoms with Crippen LogP contribution in [0.3, 0.4) is 0 Å². The van der Waals surface area contributed by atoms with E-state index in [1.54, 1.807) is 18.2 Å². The summed E-state index contributed by atoms with van der Waals surface area (Å²) in [5.41, 5.74) is 2.52. The lowest BCUT2D eigenvalue weighted by molar-refractivity contribution is -0.112. The predicted octanol–water partition coefficient (Wildman–Crippen LogP) is 3.23. The fraction of sp³-hybridized carbons (Fsp3) is 0.167. The molecule has 1 rings (SSSR count). The summed E-state index contributed by atoms with van der Waals surface area (Å²) < 4.78 is 0. The number of ketones is 1. The molecule has 0 saturated heterocycles. The van der Waals surface area contributed by atoms with Crippen LogP contribution in [0.1, 0.15) is 19.4 Å². The molecule has 0 unspecified atom stereocenters. The van der Waals surface area contributed by atoms with Gasteiger partial charge < -0.3 is 0 Å². The van der Waals surface area contributed by atoms with Crippen LogP contribution in [-0.2, 0) is 4.79 Å². The molecular formula is C12H11NO. The summed E-state index contributed by atoms with van der Waals surface area (Å²) >= 11 is 0. The third-order valence-corrected chi connectivity index (χ3v) is 1.87. The van der Waals surface area contributed by atoms with Crippen LogP contribution >= 0.6 is 0 Å². The third-order valence-electron chi connectivity index (χ3n) is 1.87. The molecular weight excluding hydrogens is 174 g/mol. The monoisotopic (exact) mass is 185 g/mol. The van der Waals surface area contributed by atoms with Gasteiger partial charge in [0.05, 0.1) is 6.57 Å². The first-order valence-electron chi connectivity index (χ1n) is 4.30. The molecule has 2 heteroatoms. The number of carbonyl (C=O) groups is 1. The smallest absolute Gasteiger partial charge is 0.187 e. The highest BCUT2D eigenvalue weighted by atomic mass is 16.1. The van der Waals surface area contributed by atoms with Crippen LogP contribution in [0.4, 0.5) is 5.69 Å². The van der Waals surface area contributed by atoms with Crippen LogP contribution in [-0.4, -0.2) is 5.78 Å². The van der Waals surface area contributed by atoms with Gasteiger partial charge in [-0.2, -0.15) is 0 Å². The normalized spacial score (nSPS) is 10.8. The number of hydrogen-bond acceptors (Lipinski definition) is 1. The first-order valence-corrected chi connectivity index (χ1v) is 4.30. The molecule has 0 aliphatic rings. The van der Waals surface area contributed by atoms with Gasteiger partial charge in [0.25, 0.3) is 0 Å². The summed E-state index contributed by atoms with van der Waals surface area (Å²) in [5.74, 6) is 0.0387. The highest BCUT2D eigenvalue weighted by molar-refractivity contribution is 5.94. The minimum absolute atomic E-state index is 0.0387. The van der Waals surface area contributed by atoms with Gasteiger partial charge in [-0.3, -0.25) is 4.79 Å². The minimum atomic E-state index is 0.0387. The summed E-state index contributed by atoms with van der Waals surface area (Å²) in [6, 6.07) is 7.20. The first-order chi connectivity index (χ1) is 6.63. The van der Waals surface area contributed by atoms with Gasteiger partial charge in [0.1, 0.15) is 0 Å². The molecule has 1 aromatic rings. The van der Waals surface area contributed by atoms with Crippen LogP contribution < -0.4 is 0 Å². The van der Waals surface area contributed by atoms with E-state index in [0.29, 0.717) is 5.69 Å². The van der Waals surface area contributed by atoms with E-state index in [2.05, 4.69) is 4.85 Å². The van der Waals surface area contributed by atoms with Crippen molar-refractivity contribution in [2.45, 2.75) is 13.8 Å². The van der Waals surface area contributed by atoms with Gasteiger partial charge in [0.2, 0.25) is 0 Å². The molecule has 0 radical (unpaired) electrons. The maximum atomic E-state index is 10.8. The van der Waals surface area contributed by atoms with Crippen molar-refractivity contribution in [2.24, 2.45) is 0 Å². The highest BCUT2D eigenvalue weighted by Crippen LogP contribution is 2.18. The number of carbonyl (C=O) groups excluding carboxylic acids is 1. The summed E-state index contributed by atoms with van der Waals surface area (Å²) in [4.78, 5) is 14.1. The Morgan fingerprint density at radius 2 is 1.86 bits per heavy atom. The molecule has 0 atom stereocenters. The molecule has 70 valence electrons. The van der Waals surface area contributed by atoms with E-state index in [1.807, 2.05) is 19.1 Å². The van der Waals surface area contributed by atoms with Crippen LogP contribution in [0.5, 0.6) is 0 Å². The van der Waals surface area contributed by atoms with Gasteiger partial charge in [0, 0.05) is 0 Å². The van der Waals surface area contributed by atoms with Crippen molar-refractivity contribution in [2.75, 3.05) is 0 Å². The van der Waals surface area contributed by atoms with Gasteiger partial charge in [-0.15, -0.1) is 0 Å². The lowest BCUT2D eigenvalue weighted by Gasteiger charge is -2.00. The zero-order valence-electron chi connectivity index (χ0n) is 8.24. The van der Waals surface area contributed by atoms with Gasteiger partial charge in [0.15, 0.2) is 11.5 Å². The van der Waals surface area contributed by atoms with E-state index in [4.69, 9.17) is 6.57 Å². The zero-order valence-corrected chi connectivity index (χ0v) is 8.24. The molecule has 1 aromatic carbocycles. The molecule has 0 amide bonds. The molecule has 0 heterocycles. The number of allylic oxidation sites excluding steroid dienone is 2. The Morgan fingerprint density at radius 1 is 1.29 bits per heavy atom. The van der Waals surface area contributed by atoms with Gasteiger partial charge in [-0.1, -0.05) is 24.3 Å². The SMILES string of the molecule is [C-]#[N+]c1ccc(/C(C)=C/C(C)=O)cc1. The van der Waals surface area contributed by atoms with Crippen LogP contribution in [0, 0.1) is 6.57 Å². The van der Waals surface area contributed by atoms with Gasteiger partial charge in [-0.05, 0) is 31.1 Å². The largest absolute Gasteiger partial charge is 0.295 e. The predicted molar refractivity (Wildman–Crippen MR) is 57.0 cm³/mol. The quantitative estimate of drug-likeness (QED) is 0.512. The van der Waals surface area contributed by atoms with E-state index in [0.717, 1.165) is 11.1 Å². The van der Waals surface area contributed by atoms with E-state index in [1.165, 1.54) is 6.92 Å². The molecule has 0 bridgehead atoms. The Morgan fingerprint density at radius 3 is 2.29 bits per heavy atom. The van der Waals surface area contributed by atoms with Crippen molar-refractivity contribution in [3.63, 3.8) is 0 Å². The summed E-state index contributed by atoms with van der Waals surface area (Å²) in [6.07, 6.45) is 1.59. The Kier molecular flexibility index (Phi) is 3.19. The molecule has 0 aliphatic heterocycles. The van der Waals surface area contributed by atoms with E-state index >= 15 is 0 Å². The number of hydrogen-bond donors (Lipinski definition) is 0. The van der Waals surface area contributed by atoms with Crippen molar-refractivity contribution in [1.29, 1.82) is 0 Å². The number of nitrogens with zero attached hydrogens (tertiary/aromatic N) is 1. The second-order valence-corrected chi connectivity index (χ2v) is 3.10.